The van der Waals surface area contributed by atoms with E-state index in [4.69, 9.17) is 0 Å². The molecule has 0 spiro atoms. The molecule has 2 rings (SSSR count). The standard InChI is InChI=1S/C12H19N3O2S/c1-2-8-13-12-11(7-4-9-14-12)18(16,17)15-10-5-3-6-10/h4,7,9-10,15H,2-3,5-6,8H2,1H3,(H,13,14). The molecule has 5 nitrogen and oxygen atoms in total. The van der Waals surface area contributed by atoms with Gasteiger partial charge >= 0.3 is 0 Å². The average molecular weight is 269 g/mol. The van der Waals surface area contributed by atoms with Crippen LogP contribution in [0.3, 0.4) is 0 Å². The summed E-state index contributed by atoms with van der Waals surface area (Å²) in [7, 11) is -3.46. The van der Waals surface area contributed by atoms with Crippen molar-refractivity contribution in [3.05, 3.63) is 18.3 Å². The van der Waals surface area contributed by atoms with Gasteiger partial charge in [-0.1, -0.05) is 13.3 Å². The lowest BCUT2D eigenvalue weighted by atomic mass is 9.94. The summed E-state index contributed by atoms with van der Waals surface area (Å²) in [6.45, 7) is 2.74. The Labute approximate surface area is 108 Å². The molecule has 0 unspecified atom stereocenters. The van der Waals surface area contributed by atoms with Crippen molar-refractivity contribution in [3.8, 4) is 0 Å². The van der Waals surface area contributed by atoms with E-state index >= 15 is 0 Å². The van der Waals surface area contributed by atoms with E-state index in [9.17, 15) is 8.42 Å². The summed E-state index contributed by atoms with van der Waals surface area (Å²) >= 11 is 0. The van der Waals surface area contributed by atoms with Crippen molar-refractivity contribution in [1.29, 1.82) is 0 Å². The Hall–Kier alpha value is -1.14. The van der Waals surface area contributed by atoms with Gasteiger partial charge in [-0.3, -0.25) is 0 Å². The zero-order chi connectivity index (χ0) is 13.0. The smallest absolute Gasteiger partial charge is 0.244 e. The highest BCUT2D eigenvalue weighted by Crippen LogP contribution is 2.23. The van der Waals surface area contributed by atoms with Gasteiger partial charge in [-0.15, -0.1) is 0 Å². The molecule has 100 valence electrons. The van der Waals surface area contributed by atoms with Gasteiger partial charge in [0.2, 0.25) is 10.0 Å². The number of pyridine rings is 1. The lowest BCUT2D eigenvalue weighted by molar-refractivity contribution is 0.383. The number of aromatic nitrogens is 1. The predicted molar refractivity (Wildman–Crippen MR) is 71.0 cm³/mol. The molecular weight excluding hydrogens is 250 g/mol. The van der Waals surface area contributed by atoms with Gasteiger partial charge in [-0.05, 0) is 31.4 Å². The first kappa shape index (κ1) is 13.3. The molecule has 1 aromatic rings. The molecular formula is C12H19N3O2S. The van der Waals surface area contributed by atoms with Gasteiger partial charge in [0.05, 0.1) is 0 Å². The monoisotopic (exact) mass is 269 g/mol. The van der Waals surface area contributed by atoms with Crippen molar-refractivity contribution in [1.82, 2.24) is 9.71 Å². The van der Waals surface area contributed by atoms with E-state index in [1.807, 2.05) is 6.92 Å². The molecule has 0 amide bonds. The summed E-state index contributed by atoms with van der Waals surface area (Å²) in [5, 5.41) is 3.05. The van der Waals surface area contributed by atoms with Crippen LogP contribution in [0.25, 0.3) is 0 Å². The Balaban J connectivity index is 2.19. The Bertz CT molecular complexity index is 498. The number of nitrogens with zero attached hydrogens (tertiary/aromatic N) is 1. The summed E-state index contributed by atoms with van der Waals surface area (Å²) in [6.07, 6.45) is 5.47. The van der Waals surface area contributed by atoms with Gasteiger partial charge in [0.25, 0.3) is 0 Å². The summed E-state index contributed by atoms with van der Waals surface area (Å²) in [6, 6.07) is 3.33. The minimum absolute atomic E-state index is 0.0919. The van der Waals surface area contributed by atoms with Crippen LogP contribution in [0.2, 0.25) is 0 Å². The van der Waals surface area contributed by atoms with Gasteiger partial charge < -0.3 is 5.32 Å². The van der Waals surface area contributed by atoms with Crippen molar-refractivity contribution in [2.24, 2.45) is 0 Å². The molecule has 0 atom stereocenters. The molecule has 1 saturated carbocycles. The first-order valence-corrected chi connectivity index (χ1v) is 7.83. The Morgan fingerprint density at radius 3 is 2.83 bits per heavy atom. The van der Waals surface area contributed by atoms with E-state index < -0.39 is 10.0 Å². The molecule has 1 aromatic heterocycles. The largest absolute Gasteiger partial charge is 0.369 e. The highest BCUT2D eigenvalue weighted by molar-refractivity contribution is 7.89. The summed E-state index contributed by atoms with van der Waals surface area (Å²) in [4.78, 5) is 4.34. The topological polar surface area (TPSA) is 71.1 Å². The Morgan fingerprint density at radius 2 is 2.22 bits per heavy atom. The van der Waals surface area contributed by atoms with Crippen LogP contribution in [0.1, 0.15) is 32.6 Å². The van der Waals surface area contributed by atoms with Crippen LogP contribution in [-0.4, -0.2) is 26.0 Å². The third kappa shape index (κ3) is 3.00. The van der Waals surface area contributed by atoms with Crippen LogP contribution in [-0.2, 0) is 10.0 Å². The molecule has 6 heteroatoms. The van der Waals surface area contributed by atoms with Crippen molar-refractivity contribution in [2.45, 2.75) is 43.5 Å². The summed E-state index contributed by atoms with van der Waals surface area (Å²) in [5.74, 6) is 0.436. The highest BCUT2D eigenvalue weighted by atomic mass is 32.2. The molecule has 0 bridgehead atoms. The molecule has 1 aliphatic rings. The SMILES string of the molecule is CCCNc1ncccc1S(=O)(=O)NC1CCC1. The lowest BCUT2D eigenvalue weighted by Crippen LogP contribution is -2.39. The number of rotatable bonds is 6. The van der Waals surface area contributed by atoms with Gasteiger partial charge in [-0.2, -0.15) is 0 Å². The quantitative estimate of drug-likeness (QED) is 0.825. The molecule has 0 saturated heterocycles. The van der Waals surface area contributed by atoms with E-state index in [0.29, 0.717) is 12.4 Å². The molecule has 18 heavy (non-hydrogen) atoms. The van der Waals surface area contributed by atoms with E-state index in [1.165, 1.54) is 0 Å². The Morgan fingerprint density at radius 1 is 1.44 bits per heavy atom. The Kier molecular flexibility index (Phi) is 4.19. The fourth-order valence-electron chi connectivity index (χ4n) is 1.79. The zero-order valence-electron chi connectivity index (χ0n) is 10.5. The predicted octanol–water partition coefficient (Wildman–Crippen LogP) is 1.73. The number of sulfonamides is 1. The minimum atomic E-state index is -3.46. The van der Waals surface area contributed by atoms with Crippen LogP contribution in [0.4, 0.5) is 5.82 Å². The maximum absolute atomic E-state index is 12.2. The lowest BCUT2D eigenvalue weighted by Gasteiger charge is -2.26. The van der Waals surface area contributed by atoms with Crippen molar-refractivity contribution >= 4 is 15.8 Å². The molecule has 2 N–H and O–H groups in total. The molecule has 1 heterocycles. The maximum Gasteiger partial charge on any atom is 0.244 e. The minimum Gasteiger partial charge on any atom is -0.369 e. The number of nitrogens with one attached hydrogen (secondary N) is 2. The van der Waals surface area contributed by atoms with Gasteiger partial charge in [0, 0.05) is 18.8 Å². The molecule has 1 fully saturated rings. The normalized spacial score (nSPS) is 16.3. The maximum atomic E-state index is 12.2. The number of anilines is 1. The molecule has 0 radical (unpaired) electrons. The third-order valence-electron chi connectivity index (χ3n) is 3.03. The highest BCUT2D eigenvalue weighted by Gasteiger charge is 2.26. The van der Waals surface area contributed by atoms with E-state index in [1.54, 1.807) is 18.3 Å². The van der Waals surface area contributed by atoms with Crippen LogP contribution < -0.4 is 10.0 Å². The molecule has 0 aromatic carbocycles. The summed E-state index contributed by atoms with van der Waals surface area (Å²) in [5.41, 5.74) is 0. The number of hydrogen-bond acceptors (Lipinski definition) is 4. The van der Waals surface area contributed by atoms with Gasteiger partial charge in [-0.25, -0.2) is 18.1 Å². The van der Waals surface area contributed by atoms with Gasteiger partial charge in [0.1, 0.15) is 10.7 Å². The number of hydrogen-bond donors (Lipinski definition) is 2. The van der Waals surface area contributed by atoms with Crippen LogP contribution in [0.15, 0.2) is 23.2 Å². The van der Waals surface area contributed by atoms with Crippen LogP contribution in [0.5, 0.6) is 0 Å². The second-order valence-corrected chi connectivity index (χ2v) is 6.21. The van der Waals surface area contributed by atoms with Crippen molar-refractivity contribution < 1.29 is 8.42 Å². The second-order valence-electron chi connectivity index (χ2n) is 4.53. The fraction of sp³-hybridized carbons (Fsp3) is 0.583. The zero-order valence-corrected chi connectivity index (χ0v) is 11.3. The fourth-order valence-corrected chi connectivity index (χ4v) is 3.23. The van der Waals surface area contributed by atoms with Crippen molar-refractivity contribution in [2.75, 3.05) is 11.9 Å². The van der Waals surface area contributed by atoms with Gasteiger partial charge in [0.15, 0.2) is 0 Å². The molecule has 1 aliphatic carbocycles. The summed E-state index contributed by atoms with van der Waals surface area (Å²) < 4.78 is 27.2. The van der Waals surface area contributed by atoms with Crippen LogP contribution in [0, 0.1) is 0 Å². The van der Waals surface area contributed by atoms with E-state index in [0.717, 1.165) is 25.7 Å². The third-order valence-corrected chi connectivity index (χ3v) is 4.58. The first-order chi connectivity index (χ1) is 8.63. The van der Waals surface area contributed by atoms with E-state index in [-0.39, 0.29) is 10.9 Å². The molecule has 0 aliphatic heterocycles. The first-order valence-electron chi connectivity index (χ1n) is 6.34. The van der Waals surface area contributed by atoms with E-state index in [2.05, 4.69) is 15.0 Å². The average Bonchev–Trinajstić information content (AvgIpc) is 2.32. The van der Waals surface area contributed by atoms with Crippen molar-refractivity contribution in [3.63, 3.8) is 0 Å². The second kappa shape index (κ2) is 5.67. The van der Waals surface area contributed by atoms with Crippen LogP contribution >= 0.6 is 0 Å².